The zero-order valence-corrected chi connectivity index (χ0v) is 22.0. The summed E-state index contributed by atoms with van der Waals surface area (Å²) in [5.41, 5.74) is 2.27. The second-order valence-electron chi connectivity index (χ2n) is 8.19. The van der Waals surface area contributed by atoms with Gasteiger partial charge in [-0.25, -0.2) is 26.1 Å². The summed E-state index contributed by atoms with van der Waals surface area (Å²) < 4.78 is 51.8. The maximum absolute atomic E-state index is 12.9. The second kappa shape index (κ2) is 10.2. The first-order chi connectivity index (χ1) is 17.0. The first-order valence-electron chi connectivity index (χ1n) is 10.9. The van der Waals surface area contributed by atoms with E-state index in [0.717, 1.165) is 11.8 Å². The molecular formula is C23H23BClN5O4S2. The number of hydrogen-bond donors (Lipinski definition) is 1. The van der Waals surface area contributed by atoms with Crippen molar-refractivity contribution in [3.8, 4) is 11.3 Å². The standard InChI is InChI=1S/C23H23BClN5O4S2/c1-29(36(33,34)17-10-8-16(9-11-17)35(2,31)32)13-5-12-26-22-14-21(18-6-3-4-7-20(18)25)28-23-19(24)15-27-30(22)23/h3-4,6-11,14-15,26H,5,12-13H2,1-2H3. The molecular weight excluding hydrogens is 521 g/mol. The Balaban J connectivity index is 1.46. The van der Waals surface area contributed by atoms with Gasteiger partial charge in [-0.3, -0.25) is 0 Å². The van der Waals surface area contributed by atoms with Gasteiger partial charge in [0.15, 0.2) is 15.5 Å². The van der Waals surface area contributed by atoms with Crippen LogP contribution < -0.4 is 10.8 Å². The van der Waals surface area contributed by atoms with Crippen LogP contribution in [0.25, 0.3) is 16.9 Å². The minimum Gasteiger partial charge on any atom is -0.370 e. The van der Waals surface area contributed by atoms with Crippen LogP contribution in [0.4, 0.5) is 5.82 Å². The molecule has 2 heterocycles. The van der Waals surface area contributed by atoms with Crippen LogP contribution in [0.2, 0.25) is 5.02 Å². The van der Waals surface area contributed by atoms with E-state index in [-0.39, 0.29) is 16.3 Å². The highest BCUT2D eigenvalue weighted by atomic mass is 35.5. The lowest BCUT2D eigenvalue weighted by Crippen LogP contribution is -2.29. The SMILES string of the molecule is [B]c1cnn2c(NCCCN(C)S(=O)(=O)c3ccc(S(C)(=O)=O)cc3)cc(-c3ccccc3Cl)nc12. The first-order valence-corrected chi connectivity index (χ1v) is 14.6. The summed E-state index contributed by atoms with van der Waals surface area (Å²) in [7, 11) is 0.344. The number of anilines is 1. The summed E-state index contributed by atoms with van der Waals surface area (Å²) in [6, 6.07) is 14.3. The minimum atomic E-state index is -3.77. The van der Waals surface area contributed by atoms with E-state index in [1.807, 2.05) is 24.3 Å². The average molecular weight is 544 g/mol. The van der Waals surface area contributed by atoms with Gasteiger partial charge in [-0.05, 0) is 42.2 Å². The highest BCUT2D eigenvalue weighted by Gasteiger charge is 2.21. The number of fused-ring (bicyclic) bond motifs is 1. The lowest BCUT2D eigenvalue weighted by molar-refractivity contribution is 0.465. The zero-order valence-electron chi connectivity index (χ0n) is 19.6. The van der Waals surface area contributed by atoms with E-state index < -0.39 is 19.9 Å². The van der Waals surface area contributed by atoms with Crippen LogP contribution in [-0.2, 0) is 19.9 Å². The van der Waals surface area contributed by atoms with Crippen molar-refractivity contribution in [2.24, 2.45) is 0 Å². The van der Waals surface area contributed by atoms with Crippen LogP contribution in [0.3, 0.4) is 0 Å². The molecule has 0 aliphatic rings. The molecule has 2 aromatic heterocycles. The van der Waals surface area contributed by atoms with Crippen molar-refractivity contribution < 1.29 is 16.8 Å². The van der Waals surface area contributed by atoms with Gasteiger partial charge in [-0.15, -0.1) is 0 Å². The van der Waals surface area contributed by atoms with E-state index in [0.29, 0.717) is 40.6 Å². The molecule has 0 fully saturated rings. The fraction of sp³-hybridized carbons (Fsp3) is 0.217. The van der Waals surface area contributed by atoms with Crippen LogP contribution in [0.1, 0.15) is 6.42 Å². The number of benzene rings is 2. The molecule has 13 heteroatoms. The molecule has 36 heavy (non-hydrogen) atoms. The Morgan fingerprint density at radius 1 is 1.06 bits per heavy atom. The molecule has 4 aromatic rings. The van der Waals surface area contributed by atoms with Gasteiger partial charge in [0, 0.05) is 49.2 Å². The Morgan fingerprint density at radius 3 is 2.39 bits per heavy atom. The van der Waals surface area contributed by atoms with Crippen molar-refractivity contribution >= 4 is 56.2 Å². The Labute approximate surface area is 216 Å². The molecule has 2 aromatic carbocycles. The average Bonchev–Trinajstić information content (AvgIpc) is 3.22. The van der Waals surface area contributed by atoms with Crippen LogP contribution in [-0.4, -0.2) is 70.0 Å². The molecule has 2 radical (unpaired) electrons. The third kappa shape index (κ3) is 5.41. The largest absolute Gasteiger partial charge is 0.370 e. The highest BCUT2D eigenvalue weighted by Crippen LogP contribution is 2.28. The number of sulfonamides is 1. The van der Waals surface area contributed by atoms with Crippen molar-refractivity contribution in [3.05, 3.63) is 65.8 Å². The molecule has 0 spiro atoms. The number of hydrogen-bond acceptors (Lipinski definition) is 7. The number of rotatable bonds is 9. The van der Waals surface area contributed by atoms with E-state index >= 15 is 0 Å². The number of nitrogens with one attached hydrogen (secondary N) is 1. The molecule has 0 saturated carbocycles. The summed E-state index contributed by atoms with van der Waals surface area (Å²) >= 11 is 6.36. The Bertz CT molecular complexity index is 1620. The van der Waals surface area contributed by atoms with Crippen molar-refractivity contribution in [2.45, 2.75) is 16.2 Å². The summed E-state index contributed by atoms with van der Waals surface area (Å²) in [6.07, 6.45) is 3.07. The molecule has 0 atom stereocenters. The molecule has 4 rings (SSSR count). The summed E-state index contributed by atoms with van der Waals surface area (Å²) in [6.45, 7) is 0.670. The van der Waals surface area contributed by atoms with Crippen molar-refractivity contribution in [1.29, 1.82) is 0 Å². The van der Waals surface area contributed by atoms with E-state index in [9.17, 15) is 16.8 Å². The third-order valence-electron chi connectivity index (χ3n) is 5.56. The maximum Gasteiger partial charge on any atom is 0.242 e. The first kappa shape index (κ1) is 26.1. The predicted octanol–water partition coefficient (Wildman–Crippen LogP) is 2.37. The summed E-state index contributed by atoms with van der Waals surface area (Å²) in [5.74, 6) is 0.633. The zero-order chi connectivity index (χ0) is 26.1. The van der Waals surface area contributed by atoms with Gasteiger partial charge in [0.25, 0.3) is 0 Å². The molecule has 0 unspecified atom stereocenters. The normalized spacial score (nSPS) is 12.3. The molecule has 0 amide bonds. The van der Waals surface area contributed by atoms with Gasteiger partial charge in [0.1, 0.15) is 13.7 Å². The smallest absolute Gasteiger partial charge is 0.242 e. The number of sulfone groups is 1. The monoisotopic (exact) mass is 543 g/mol. The molecule has 0 bridgehead atoms. The Morgan fingerprint density at radius 2 is 1.72 bits per heavy atom. The molecule has 0 aliphatic carbocycles. The molecule has 9 nitrogen and oxygen atoms in total. The quantitative estimate of drug-likeness (QED) is 0.255. The number of aromatic nitrogens is 3. The predicted molar refractivity (Wildman–Crippen MR) is 141 cm³/mol. The Kier molecular flexibility index (Phi) is 7.42. The highest BCUT2D eigenvalue weighted by molar-refractivity contribution is 7.90. The van der Waals surface area contributed by atoms with Gasteiger partial charge in [-0.1, -0.05) is 29.8 Å². The second-order valence-corrected chi connectivity index (χ2v) is 12.7. The van der Waals surface area contributed by atoms with Crippen LogP contribution in [0.5, 0.6) is 0 Å². The van der Waals surface area contributed by atoms with Crippen LogP contribution in [0.15, 0.2) is 70.6 Å². The Hall–Kier alpha value is -2.93. The fourth-order valence-electron chi connectivity index (χ4n) is 3.59. The maximum atomic E-state index is 12.9. The van der Waals surface area contributed by atoms with Gasteiger partial charge in [-0.2, -0.15) is 9.61 Å². The van der Waals surface area contributed by atoms with E-state index in [1.54, 1.807) is 10.6 Å². The summed E-state index contributed by atoms with van der Waals surface area (Å²) in [5, 5.41) is 8.10. The molecule has 0 aliphatic heterocycles. The van der Waals surface area contributed by atoms with Crippen LogP contribution >= 0.6 is 11.6 Å². The number of halogens is 1. The van der Waals surface area contributed by atoms with Crippen molar-refractivity contribution in [2.75, 3.05) is 31.7 Å². The minimum absolute atomic E-state index is 0.0256. The lowest BCUT2D eigenvalue weighted by Gasteiger charge is -2.18. The van der Waals surface area contributed by atoms with E-state index in [2.05, 4.69) is 15.4 Å². The van der Waals surface area contributed by atoms with Gasteiger partial charge in [0.2, 0.25) is 10.0 Å². The number of nitrogens with zero attached hydrogens (tertiary/aromatic N) is 4. The molecule has 1 N–H and O–H groups in total. The van der Waals surface area contributed by atoms with Crippen molar-refractivity contribution in [1.82, 2.24) is 18.9 Å². The molecule has 186 valence electrons. The topological polar surface area (TPSA) is 114 Å². The van der Waals surface area contributed by atoms with Crippen molar-refractivity contribution in [3.63, 3.8) is 0 Å². The molecule has 0 saturated heterocycles. The van der Waals surface area contributed by atoms with Gasteiger partial charge in [0.05, 0.1) is 15.5 Å². The van der Waals surface area contributed by atoms with E-state index in [4.69, 9.17) is 19.4 Å². The van der Waals surface area contributed by atoms with Gasteiger partial charge >= 0.3 is 0 Å². The lowest BCUT2D eigenvalue weighted by atomic mass is 10.0. The fourth-order valence-corrected chi connectivity index (χ4v) is 5.66. The van der Waals surface area contributed by atoms with Gasteiger partial charge < -0.3 is 5.32 Å². The van der Waals surface area contributed by atoms with E-state index in [1.165, 1.54) is 41.8 Å². The summed E-state index contributed by atoms with van der Waals surface area (Å²) in [4.78, 5) is 4.68. The van der Waals surface area contributed by atoms with Crippen LogP contribution in [0, 0.1) is 0 Å². The third-order valence-corrected chi connectivity index (χ3v) is 8.89.